The summed E-state index contributed by atoms with van der Waals surface area (Å²) in [5.74, 6) is 0. The Bertz CT molecular complexity index is 595. The third-order valence-electron chi connectivity index (χ3n) is 3.40. The molecule has 3 N–H and O–H groups in total. The van der Waals surface area contributed by atoms with E-state index in [-0.39, 0.29) is 11.2 Å². The van der Waals surface area contributed by atoms with Gasteiger partial charge in [-0.05, 0) is 33.8 Å². The van der Waals surface area contributed by atoms with Crippen molar-refractivity contribution in [2.45, 2.75) is 38.9 Å². The smallest absolute Gasteiger partial charge is 0.423 e. The van der Waals surface area contributed by atoms with E-state index in [0.29, 0.717) is 0 Å². The molecule has 21 heavy (non-hydrogen) atoms. The molecule has 0 spiro atoms. The van der Waals surface area contributed by atoms with Crippen LogP contribution in [-0.4, -0.2) is 43.1 Å². The molecule has 0 aliphatic heterocycles. The zero-order valence-electron chi connectivity index (χ0n) is 12.9. The van der Waals surface area contributed by atoms with Crippen LogP contribution in [0.25, 0.3) is 0 Å². The lowest BCUT2D eigenvalue weighted by atomic mass is 9.75. The maximum atomic E-state index is 11.3. The van der Waals surface area contributed by atoms with Crippen LogP contribution >= 0.6 is 0 Å². The van der Waals surface area contributed by atoms with Gasteiger partial charge in [-0.3, -0.25) is 4.72 Å². The fourth-order valence-electron chi connectivity index (χ4n) is 1.49. The molecule has 0 amide bonds. The lowest BCUT2D eigenvalue weighted by molar-refractivity contribution is -0.0982. The van der Waals surface area contributed by atoms with Crippen molar-refractivity contribution in [2.75, 3.05) is 11.0 Å². The van der Waals surface area contributed by atoms with Gasteiger partial charge >= 0.3 is 7.12 Å². The second kappa shape index (κ2) is 5.96. The fraction of sp³-hybridized carbons (Fsp3) is 0.538. The number of aliphatic hydroxyl groups is 1. The van der Waals surface area contributed by atoms with E-state index in [1.54, 1.807) is 45.9 Å². The topological polar surface area (TPSA) is 95.9 Å². The fourth-order valence-corrected chi connectivity index (χ4v) is 2.08. The normalized spacial score (nSPS) is 13.1. The molecule has 0 fully saturated rings. The van der Waals surface area contributed by atoms with E-state index >= 15 is 0 Å². The van der Waals surface area contributed by atoms with Crippen LogP contribution < -0.4 is 10.2 Å². The van der Waals surface area contributed by atoms with Gasteiger partial charge in [0.25, 0.3) is 0 Å². The molecule has 0 saturated heterocycles. The third kappa shape index (κ3) is 5.00. The monoisotopic (exact) mass is 315 g/mol. The minimum atomic E-state index is -3.47. The summed E-state index contributed by atoms with van der Waals surface area (Å²) in [6.45, 7) is 6.42. The van der Waals surface area contributed by atoms with Crippen LogP contribution in [0.15, 0.2) is 24.3 Å². The van der Waals surface area contributed by atoms with Gasteiger partial charge in [0.15, 0.2) is 0 Å². The van der Waals surface area contributed by atoms with Crippen molar-refractivity contribution in [2.24, 2.45) is 0 Å². The molecule has 0 radical (unpaired) electrons. The van der Waals surface area contributed by atoms with Gasteiger partial charge in [0.1, 0.15) is 0 Å². The molecule has 0 heterocycles. The lowest BCUT2D eigenvalue weighted by Gasteiger charge is -2.38. The molecule has 0 unspecified atom stereocenters. The van der Waals surface area contributed by atoms with Gasteiger partial charge in [-0.25, -0.2) is 8.42 Å². The van der Waals surface area contributed by atoms with E-state index in [4.69, 9.17) is 4.65 Å². The molecule has 0 aliphatic rings. The van der Waals surface area contributed by atoms with E-state index in [1.807, 2.05) is 0 Å². The summed E-state index contributed by atoms with van der Waals surface area (Å²) < 4.78 is 30.5. The van der Waals surface area contributed by atoms with Crippen molar-refractivity contribution >= 4 is 28.3 Å². The molecule has 0 aliphatic carbocycles. The summed E-state index contributed by atoms with van der Waals surface area (Å²) in [6, 6.07) is 6.38. The molecule has 6 nitrogen and oxygen atoms in total. The SMILES string of the molecule is CC(C)(O)C(C)(C)OB(O)c1ccccc1NS(C)(=O)=O. The largest absolute Gasteiger partial charge is 0.493 e. The van der Waals surface area contributed by atoms with Crippen molar-refractivity contribution in [3.8, 4) is 0 Å². The summed E-state index contributed by atoms with van der Waals surface area (Å²) in [6.07, 6.45) is 1.03. The van der Waals surface area contributed by atoms with Crippen LogP contribution in [0.2, 0.25) is 0 Å². The molecule has 1 aromatic rings. The highest BCUT2D eigenvalue weighted by Gasteiger charge is 2.40. The van der Waals surface area contributed by atoms with Gasteiger partial charge in [-0.2, -0.15) is 0 Å². The van der Waals surface area contributed by atoms with E-state index in [1.165, 1.54) is 6.07 Å². The van der Waals surface area contributed by atoms with Gasteiger partial charge in [0, 0.05) is 11.2 Å². The number of sulfonamides is 1. The average molecular weight is 315 g/mol. The molecule has 1 rings (SSSR count). The Morgan fingerprint density at radius 2 is 1.71 bits per heavy atom. The summed E-state index contributed by atoms with van der Waals surface area (Å²) in [5.41, 5.74) is -1.71. The van der Waals surface area contributed by atoms with E-state index in [0.717, 1.165) is 6.26 Å². The maximum Gasteiger partial charge on any atom is 0.493 e. The van der Waals surface area contributed by atoms with Crippen LogP contribution in [0.3, 0.4) is 0 Å². The Hall–Kier alpha value is -1.09. The molecular weight excluding hydrogens is 293 g/mol. The number of rotatable bonds is 6. The maximum absolute atomic E-state index is 11.3. The first kappa shape index (κ1) is 18.0. The van der Waals surface area contributed by atoms with Crippen LogP contribution in [0.4, 0.5) is 5.69 Å². The summed E-state index contributed by atoms with van der Waals surface area (Å²) in [7, 11) is -4.85. The standard InChI is InChI=1S/C13H22BNO5S/c1-12(2,16)13(3,4)20-14(17)10-8-6-7-9-11(10)15-21(5,18)19/h6-9,15-17H,1-5H3. The molecule has 118 valence electrons. The molecule has 0 atom stereocenters. The number of hydrogen-bond donors (Lipinski definition) is 3. The van der Waals surface area contributed by atoms with E-state index < -0.39 is 28.3 Å². The number of para-hydroxylation sites is 1. The first-order valence-electron chi connectivity index (χ1n) is 6.48. The van der Waals surface area contributed by atoms with Crippen molar-refractivity contribution in [3.05, 3.63) is 24.3 Å². The lowest BCUT2D eigenvalue weighted by Crippen LogP contribution is -2.53. The molecular formula is C13H22BNO5S. The number of hydrogen-bond acceptors (Lipinski definition) is 5. The van der Waals surface area contributed by atoms with Crippen molar-refractivity contribution < 1.29 is 23.2 Å². The highest BCUT2D eigenvalue weighted by molar-refractivity contribution is 7.92. The van der Waals surface area contributed by atoms with Gasteiger partial charge in [-0.15, -0.1) is 0 Å². The van der Waals surface area contributed by atoms with Gasteiger partial charge in [0.05, 0.1) is 17.5 Å². The molecule has 0 aromatic heterocycles. The molecule has 0 saturated carbocycles. The summed E-state index contributed by atoms with van der Waals surface area (Å²) in [5, 5.41) is 20.3. The highest BCUT2D eigenvalue weighted by atomic mass is 32.2. The van der Waals surface area contributed by atoms with Crippen molar-refractivity contribution in [1.29, 1.82) is 0 Å². The van der Waals surface area contributed by atoms with Gasteiger partial charge < -0.3 is 14.8 Å². The highest BCUT2D eigenvalue weighted by Crippen LogP contribution is 2.25. The van der Waals surface area contributed by atoms with Crippen LogP contribution in [-0.2, 0) is 14.7 Å². The molecule has 8 heteroatoms. The average Bonchev–Trinajstić information content (AvgIpc) is 2.25. The van der Waals surface area contributed by atoms with Crippen molar-refractivity contribution in [3.63, 3.8) is 0 Å². The number of anilines is 1. The first-order valence-corrected chi connectivity index (χ1v) is 8.37. The first-order chi connectivity index (χ1) is 9.33. The summed E-state index contributed by atoms with van der Waals surface area (Å²) in [4.78, 5) is 0. The van der Waals surface area contributed by atoms with Crippen LogP contribution in [0, 0.1) is 0 Å². The minimum Gasteiger partial charge on any atom is -0.423 e. The minimum absolute atomic E-state index is 0.235. The van der Waals surface area contributed by atoms with E-state index in [9.17, 15) is 18.5 Å². The predicted molar refractivity (Wildman–Crippen MR) is 84.0 cm³/mol. The Morgan fingerprint density at radius 1 is 1.19 bits per heavy atom. The van der Waals surface area contributed by atoms with Gasteiger partial charge in [-0.1, -0.05) is 18.2 Å². The van der Waals surface area contributed by atoms with Crippen LogP contribution in [0.1, 0.15) is 27.7 Å². The Labute approximate surface area is 126 Å². The second-order valence-electron chi connectivity index (χ2n) is 6.00. The third-order valence-corrected chi connectivity index (χ3v) is 3.99. The quantitative estimate of drug-likeness (QED) is 0.657. The zero-order valence-corrected chi connectivity index (χ0v) is 13.7. The number of nitrogens with one attached hydrogen (secondary N) is 1. The summed E-state index contributed by atoms with van der Waals surface area (Å²) >= 11 is 0. The van der Waals surface area contributed by atoms with E-state index in [2.05, 4.69) is 4.72 Å². The zero-order chi connectivity index (χ0) is 16.5. The Morgan fingerprint density at radius 3 is 2.19 bits per heavy atom. The molecule has 1 aromatic carbocycles. The number of benzene rings is 1. The second-order valence-corrected chi connectivity index (χ2v) is 7.75. The van der Waals surface area contributed by atoms with Crippen LogP contribution in [0.5, 0.6) is 0 Å². The Kier molecular flexibility index (Phi) is 5.10. The molecule has 0 bridgehead atoms. The predicted octanol–water partition coefficient (Wildman–Crippen LogP) is 0.312. The van der Waals surface area contributed by atoms with Gasteiger partial charge in [0.2, 0.25) is 10.0 Å². The Balaban J connectivity index is 3.06. The van der Waals surface area contributed by atoms with Crippen molar-refractivity contribution in [1.82, 2.24) is 0 Å².